The number of carbonyl (C=O) groups excluding carboxylic acids is 2. The maximum Gasteiger partial charge on any atom is 0.305 e. The molecule has 0 aliphatic heterocycles. The van der Waals surface area contributed by atoms with Crippen LogP contribution in [0.5, 0.6) is 0 Å². The van der Waals surface area contributed by atoms with Crippen LogP contribution in [0.4, 0.5) is 0 Å². The molecule has 6 heteroatoms. The predicted molar refractivity (Wildman–Crippen MR) is 389 cm³/mol. The fourth-order valence-corrected chi connectivity index (χ4v) is 13.3. The summed E-state index contributed by atoms with van der Waals surface area (Å²) >= 11 is 0. The molecule has 524 valence electrons. The third-order valence-corrected chi connectivity index (χ3v) is 19.6. The number of rotatable bonds is 78. The molecular formula is C82H161NO5. The van der Waals surface area contributed by atoms with E-state index in [1.165, 1.54) is 405 Å². The minimum absolute atomic E-state index is 0.0223. The molecule has 1 amide bonds. The van der Waals surface area contributed by atoms with E-state index >= 15 is 0 Å². The molecule has 0 saturated carbocycles. The second-order valence-electron chi connectivity index (χ2n) is 28.5. The minimum Gasteiger partial charge on any atom is -0.466 e. The number of aliphatic hydroxyl groups is 2. The molecule has 0 aliphatic carbocycles. The number of allylic oxidation sites excluding steroid dienone is 2. The number of aliphatic hydroxyl groups excluding tert-OH is 2. The van der Waals surface area contributed by atoms with Gasteiger partial charge in [-0.2, -0.15) is 0 Å². The molecule has 0 heterocycles. The summed E-state index contributed by atoms with van der Waals surface area (Å²) in [6, 6.07) is -0.535. The van der Waals surface area contributed by atoms with Crippen LogP contribution in [0.1, 0.15) is 476 Å². The summed E-state index contributed by atoms with van der Waals surface area (Å²) in [5.41, 5.74) is 0. The lowest BCUT2D eigenvalue weighted by Crippen LogP contribution is -2.45. The van der Waals surface area contributed by atoms with E-state index in [0.717, 1.165) is 38.5 Å². The van der Waals surface area contributed by atoms with Crippen LogP contribution >= 0.6 is 0 Å². The molecule has 2 atom stereocenters. The molecule has 6 nitrogen and oxygen atoms in total. The maximum absolute atomic E-state index is 12.5. The van der Waals surface area contributed by atoms with Gasteiger partial charge in [-0.05, 0) is 51.4 Å². The largest absolute Gasteiger partial charge is 0.466 e. The van der Waals surface area contributed by atoms with Crippen LogP contribution in [-0.2, 0) is 14.3 Å². The summed E-state index contributed by atoms with van der Waals surface area (Å²) in [7, 11) is 0. The van der Waals surface area contributed by atoms with E-state index in [4.69, 9.17) is 4.74 Å². The second kappa shape index (κ2) is 78.0. The van der Waals surface area contributed by atoms with E-state index in [9.17, 15) is 19.8 Å². The standard InChI is InChI=1S/C82H161NO5/c1-3-5-7-9-11-13-15-17-19-20-45-48-52-56-60-64-68-72-76-82(87)88-77-73-69-65-61-57-53-49-46-43-41-39-37-35-33-31-29-27-25-23-21-22-24-26-28-30-32-34-36-38-40-42-44-47-51-55-59-63-67-71-75-81(86)83-79(78-84)80(85)74-70-66-62-58-54-50-18-16-14-12-10-8-6-4-2/h19-20,79-80,84-85H,3-18,21-78H2,1-2H3,(H,83,86)/b20-19-. The van der Waals surface area contributed by atoms with Gasteiger partial charge in [-0.25, -0.2) is 0 Å². The third kappa shape index (κ3) is 73.6. The first-order valence-electron chi connectivity index (χ1n) is 40.9. The molecule has 0 bridgehead atoms. The summed E-state index contributed by atoms with van der Waals surface area (Å²) in [5, 5.41) is 23.3. The lowest BCUT2D eigenvalue weighted by atomic mass is 10.0. The first-order valence-corrected chi connectivity index (χ1v) is 40.9. The van der Waals surface area contributed by atoms with Gasteiger partial charge >= 0.3 is 5.97 Å². The van der Waals surface area contributed by atoms with Crippen molar-refractivity contribution in [3.05, 3.63) is 12.2 Å². The lowest BCUT2D eigenvalue weighted by molar-refractivity contribution is -0.143. The molecule has 0 spiro atoms. The van der Waals surface area contributed by atoms with E-state index < -0.39 is 12.1 Å². The number of hydrogen-bond donors (Lipinski definition) is 3. The Balaban J connectivity index is 3.27. The van der Waals surface area contributed by atoms with Crippen molar-refractivity contribution in [3.63, 3.8) is 0 Å². The first-order chi connectivity index (χ1) is 43.5. The summed E-state index contributed by atoms with van der Waals surface area (Å²) < 4.78 is 5.52. The highest BCUT2D eigenvalue weighted by Gasteiger charge is 2.20. The fraction of sp³-hybridized carbons (Fsp3) is 0.951. The van der Waals surface area contributed by atoms with Crippen LogP contribution in [0.15, 0.2) is 12.2 Å². The SMILES string of the molecule is CCCCCCCCC/C=C\CCCCCCCCCC(=O)OCCCCCCCCCCCCCCCCCCCCCCCCCCCCCCCCCCCCCCCCCC(=O)NC(CO)C(O)CCCCCCCCCCCCCCCC. The highest BCUT2D eigenvalue weighted by molar-refractivity contribution is 5.76. The molecule has 0 rings (SSSR count). The van der Waals surface area contributed by atoms with E-state index in [2.05, 4.69) is 31.3 Å². The van der Waals surface area contributed by atoms with Gasteiger partial charge < -0.3 is 20.3 Å². The lowest BCUT2D eigenvalue weighted by Gasteiger charge is -2.22. The van der Waals surface area contributed by atoms with Gasteiger partial charge in [-0.1, -0.05) is 424 Å². The van der Waals surface area contributed by atoms with Gasteiger partial charge in [0.15, 0.2) is 0 Å². The Kier molecular flexibility index (Phi) is 76.8. The Morgan fingerprint density at radius 3 is 0.807 bits per heavy atom. The van der Waals surface area contributed by atoms with Crippen molar-refractivity contribution in [2.75, 3.05) is 13.2 Å². The number of esters is 1. The fourth-order valence-electron chi connectivity index (χ4n) is 13.3. The van der Waals surface area contributed by atoms with Crippen molar-refractivity contribution < 1.29 is 24.5 Å². The van der Waals surface area contributed by atoms with E-state index in [-0.39, 0.29) is 18.5 Å². The normalized spacial score (nSPS) is 12.5. The molecule has 2 unspecified atom stereocenters. The maximum atomic E-state index is 12.5. The van der Waals surface area contributed by atoms with Crippen molar-refractivity contribution in [2.45, 2.75) is 488 Å². The zero-order chi connectivity index (χ0) is 63.5. The third-order valence-electron chi connectivity index (χ3n) is 19.6. The average molecular weight is 1240 g/mol. The molecule has 0 saturated heterocycles. The number of carbonyl (C=O) groups is 2. The minimum atomic E-state index is -0.659. The molecule has 0 aromatic rings. The smallest absolute Gasteiger partial charge is 0.305 e. The van der Waals surface area contributed by atoms with Crippen molar-refractivity contribution >= 4 is 11.9 Å². The topological polar surface area (TPSA) is 95.9 Å². The highest BCUT2D eigenvalue weighted by Crippen LogP contribution is 2.21. The predicted octanol–water partition coefficient (Wildman–Crippen LogP) is 27.1. The Morgan fingerprint density at radius 1 is 0.307 bits per heavy atom. The second-order valence-corrected chi connectivity index (χ2v) is 28.5. The quantitative estimate of drug-likeness (QED) is 0.0320. The Hall–Kier alpha value is -1.40. The Bertz CT molecular complexity index is 1340. The number of ether oxygens (including phenoxy) is 1. The van der Waals surface area contributed by atoms with Crippen LogP contribution in [0, 0.1) is 0 Å². The number of hydrogen-bond acceptors (Lipinski definition) is 5. The highest BCUT2D eigenvalue weighted by atomic mass is 16.5. The monoisotopic (exact) mass is 1240 g/mol. The number of unbranched alkanes of at least 4 members (excludes halogenated alkanes) is 65. The molecular weight excluding hydrogens is 1080 g/mol. The van der Waals surface area contributed by atoms with E-state index in [1.54, 1.807) is 0 Å². The molecule has 88 heavy (non-hydrogen) atoms. The molecule has 0 radical (unpaired) electrons. The van der Waals surface area contributed by atoms with Gasteiger partial charge in [-0.15, -0.1) is 0 Å². The van der Waals surface area contributed by atoms with Gasteiger partial charge in [0.2, 0.25) is 5.91 Å². The van der Waals surface area contributed by atoms with Crippen LogP contribution in [-0.4, -0.2) is 47.4 Å². The van der Waals surface area contributed by atoms with Crippen molar-refractivity contribution in [3.8, 4) is 0 Å². The Morgan fingerprint density at radius 2 is 0.534 bits per heavy atom. The number of amides is 1. The van der Waals surface area contributed by atoms with E-state index in [1.807, 2.05) is 0 Å². The average Bonchev–Trinajstić information content (AvgIpc) is 3.58. The Labute approximate surface area is 552 Å². The van der Waals surface area contributed by atoms with E-state index in [0.29, 0.717) is 25.9 Å². The summed E-state index contributed by atoms with van der Waals surface area (Å²) in [6.07, 6.45) is 99.0. The zero-order valence-electron chi connectivity index (χ0n) is 60.3. The van der Waals surface area contributed by atoms with Crippen molar-refractivity contribution in [1.82, 2.24) is 5.32 Å². The number of nitrogens with one attached hydrogen (secondary N) is 1. The van der Waals surface area contributed by atoms with Gasteiger partial charge in [0, 0.05) is 12.8 Å². The van der Waals surface area contributed by atoms with Gasteiger partial charge in [-0.3, -0.25) is 9.59 Å². The first kappa shape index (κ1) is 86.6. The van der Waals surface area contributed by atoms with Crippen molar-refractivity contribution in [1.29, 1.82) is 0 Å². The molecule has 0 aromatic carbocycles. The van der Waals surface area contributed by atoms with Gasteiger partial charge in [0.1, 0.15) is 0 Å². The summed E-state index contributed by atoms with van der Waals surface area (Å²) in [6.45, 7) is 5.00. The zero-order valence-corrected chi connectivity index (χ0v) is 60.3. The molecule has 0 fully saturated rings. The van der Waals surface area contributed by atoms with Crippen LogP contribution in [0.2, 0.25) is 0 Å². The van der Waals surface area contributed by atoms with Gasteiger partial charge in [0.05, 0.1) is 25.4 Å². The molecule has 3 N–H and O–H groups in total. The van der Waals surface area contributed by atoms with Crippen LogP contribution in [0.3, 0.4) is 0 Å². The van der Waals surface area contributed by atoms with Crippen LogP contribution < -0.4 is 5.32 Å². The molecule has 0 aliphatic rings. The van der Waals surface area contributed by atoms with Crippen molar-refractivity contribution in [2.24, 2.45) is 0 Å². The van der Waals surface area contributed by atoms with Crippen LogP contribution in [0.25, 0.3) is 0 Å². The van der Waals surface area contributed by atoms with Gasteiger partial charge in [0.25, 0.3) is 0 Å². The summed E-state index contributed by atoms with van der Waals surface area (Å²) in [5.74, 6) is -0.00290. The summed E-state index contributed by atoms with van der Waals surface area (Å²) in [4.78, 5) is 24.6. The molecule has 0 aromatic heterocycles.